The van der Waals surface area contributed by atoms with E-state index >= 15 is 0 Å². The first-order chi connectivity index (χ1) is 9.02. The van der Waals surface area contributed by atoms with Gasteiger partial charge in [0, 0.05) is 10.0 Å². The number of hydrogen-bond acceptors (Lipinski definition) is 2. The van der Waals surface area contributed by atoms with Gasteiger partial charge in [-0.3, -0.25) is 5.84 Å². The van der Waals surface area contributed by atoms with E-state index in [4.69, 9.17) is 29.0 Å². The van der Waals surface area contributed by atoms with Gasteiger partial charge in [0.05, 0.1) is 6.04 Å². The average Bonchev–Trinajstić information content (AvgIpc) is 2.38. The molecule has 0 aliphatic heterocycles. The number of nitrogens with two attached hydrogens (primary N) is 1. The molecule has 0 heterocycles. The van der Waals surface area contributed by atoms with E-state index in [0.29, 0.717) is 15.6 Å². The van der Waals surface area contributed by atoms with Crippen molar-refractivity contribution in [3.05, 3.63) is 69.0 Å². The summed E-state index contributed by atoms with van der Waals surface area (Å²) in [6, 6.07) is 9.32. The third kappa shape index (κ3) is 3.07. The summed E-state index contributed by atoms with van der Waals surface area (Å²) in [7, 11) is 0. The monoisotopic (exact) mass is 298 g/mol. The van der Waals surface area contributed by atoms with Crippen LogP contribution in [0.1, 0.15) is 22.7 Å². The van der Waals surface area contributed by atoms with Crippen molar-refractivity contribution in [2.45, 2.75) is 13.0 Å². The second-order valence-corrected chi connectivity index (χ2v) is 5.09. The lowest BCUT2D eigenvalue weighted by Crippen LogP contribution is -2.29. The SMILES string of the molecule is Cc1ccc(C(NN)c2cc(F)ccc2Cl)cc1Cl. The normalized spacial score (nSPS) is 12.5. The lowest BCUT2D eigenvalue weighted by Gasteiger charge is -2.19. The largest absolute Gasteiger partial charge is 0.271 e. The summed E-state index contributed by atoms with van der Waals surface area (Å²) >= 11 is 12.2. The van der Waals surface area contributed by atoms with Gasteiger partial charge in [0.25, 0.3) is 0 Å². The van der Waals surface area contributed by atoms with Gasteiger partial charge in [0.2, 0.25) is 0 Å². The molecule has 0 bridgehead atoms. The lowest BCUT2D eigenvalue weighted by atomic mass is 9.98. The standard InChI is InChI=1S/C14H13Cl2FN2/c1-8-2-3-9(6-13(8)16)14(19-18)11-7-10(17)4-5-12(11)15/h2-7,14,19H,18H2,1H3. The summed E-state index contributed by atoms with van der Waals surface area (Å²) in [5, 5.41) is 1.08. The summed E-state index contributed by atoms with van der Waals surface area (Å²) in [6.07, 6.45) is 0. The van der Waals surface area contributed by atoms with Crippen LogP contribution in [0.4, 0.5) is 4.39 Å². The molecule has 0 aromatic heterocycles. The molecule has 0 spiro atoms. The minimum atomic E-state index is -0.415. The Labute approximate surface area is 121 Å². The molecule has 0 saturated heterocycles. The average molecular weight is 299 g/mol. The fourth-order valence-corrected chi connectivity index (χ4v) is 2.31. The van der Waals surface area contributed by atoms with Gasteiger partial charge in [0.15, 0.2) is 0 Å². The van der Waals surface area contributed by atoms with E-state index in [1.165, 1.54) is 18.2 Å². The maximum absolute atomic E-state index is 13.3. The van der Waals surface area contributed by atoms with Crippen molar-refractivity contribution in [1.29, 1.82) is 0 Å². The van der Waals surface area contributed by atoms with Crippen molar-refractivity contribution < 1.29 is 4.39 Å². The van der Waals surface area contributed by atoms with Crippen molar-refractivity contribution in [2.75, 3.05) is 0 Å². The van der Waals surface area contributed by atoms with Crippen LogP contribution in [0.15, 0.2) is 36.4 Å². The highest BCUT2D eigenvalue weighted by molar-refractivity contribution is 6.31. The van der Waals surface area contributed by atoms with Crippen molar-refractivity contribution in [3.8, 4) is 0 Å². The molecule has 5 heteroatoms. The van der Waals surface area contributed by atoms with Gasteiger partial charge in [0.1, 0.15) is 5.82 Å². The zero-order chi connectivity index (χ0) is 14.0. The van der Waals surface area contributed by atoms with Crippen LogP contribution in [0.2, 0.25) is 10.0 Å². The van der Waals surface area contributed by atoms with Crippen molar-refractivity contribution in [1.82, 2.24) is 5.43 Å². The first-order valence-corrected chi connectivity index (χ1v) is 6.45. The summed E-state index contributed by atoms with van der Waals surface area (Å²) < 4.78 is 13.3. The highest BCUT2D eigenvalue weighted by Crippen LogP contribution is 2.30. The maximum Gasteiger partial charge on any atom is 0.123 e. The number of aryl methyl sites for hydroxylation is 1. The molecule has 0 radical (unpaired) electrons. The molecule has 0 amide bonds. The number of benzene rings is 2. The highest BCUT2D eigenvalue weighted by Gasteiger charge is 2.17. The third-order valence-corrected chi connectivity index (χ3v) is 3.72. The topological polar surface area (TPSA) is 38.0 Å². The Kier molecular flexibility index (Phi) is 4.42. The minimum absolute atomic E-state index is 0.363. The van der Waals surface area contributed by atoms with E-state index < -0.39 is 6.04 Å². The summed E-state index contributed by atoms with van der Waals surface area (Å²) in [5.74, 6) is 5.21. The van der Waals surface area contributed by atoms with Crippen LogP contribution in [0.3, 0.4) is 0 Å². The van der Waals surface area contributed by atoms with Gasteiger partial charge in [-0.15, -0.1) is 0 Å². The molecular weight excluding hydrogens is 286 g/mol. The summed E-state index contributed by atoms with van der Waals surface area (Å²) in [4.78, 5) is 0. The van der Waals surface area contributed by atoms with Crippen LogP contribution in [-0.2, 0) is 0 Å². The highest BCUT2D eigenvalue weighted by atomic mass is 35.5. The molecule has 0 fully saturated rings. The number of halogens is 3. The maximum atomic E-state index is 13.3. The Morgan fingerprint density at radius 1 is 1.11 bits per heavy atom. The van der Waals surface area contributed by atoms with Gasteiger partial charge >= 0.3 is 0 Å². The van der Waals surface area contributed by atoms with Gasteiger partial charge < -0.3 is 0 Å². The zero-order valence-electron chi connectivity index (χ0n) is 10.3. The minimum Gasteiger partial charge on any atom is -0.271 e. The predicted molar refractivity (Wildman–Crippen MR) is 76.8 cm³/mol. The Morgan fingerprint density at radius 2 is 1.84 bits per heavy atom. The molecule has 0 aliphatic carbocycles. The molecule has 0 aliphatic rings. The predicted octanol–water partition coefficient (Wildman–Crippen LogP) is 3.99. The number of nitrogens with one attached hydrogen (secondary N) is 1. The second-order valence-electron chi connectivity index (χ2n) is 4.27. The van der Waals surface area contributed by atoms with E-state index in [1.54, 1.807) is 6.07 Å². The Bertz CT molecular complexity index is 602. The van der Waals surface area contributed by atoms with Crippen molar-refractivity contribution in [3.63, 3.8) is 0 Å². The summed E-state index contributed by atoms with van der Waals surface area (Å²) in [5.41, 5.74) is 5.00. The van der Waals surface area contributed by atoms with E-state index in [0.717, 1.165) is 11.1 Å². The molecular formula is C14H13Cl2FN2. The smallest absolute Gasteiger partial charge is 0.123 e. The number of rotatable bonds is 3. The first kappa shape index (κ1) is 14.3. The molecule has 2 aromatic carbocycles. The van der Waals surface area contributed by atoms with E-state index in [-0.39, 0.29) is 5.82 Å². The van der Waals surface area contributed by atoms with E-state index in [2.05, 4.69) is 5.43 Å². The van der Waals surface area contributed by atoms with E-state index in [9.17, 15) is 4.39 Å². The van der Waals surface area contributed by atoms with Gasteiger partial charge in [-0.25, -0.2) is 9.82 Å². The third-order valence-electron chi connectivity index (χ3n) is 2.96. The van der Waals surface area contributed by atoms with Crippen LogP contribution in [-0.4, -0.2) is 0 Å². The van der Waals surface area contributed by atoms with Crippen LogP contribution >= 0.6 is 23.2 Å². The lowest BCUT2D eigenvalue weighted by molar-refractivity contribution is 0.605. The van der Waals surface area contributed by atoms with Crippen LogP contribution in [0, 0.1) is 12.7 Å². The zero-order valence-corrected chi connectivity index (χ0v) is 11.8. The van der Waals surface area contributed by atoms with Gasteiger partial charge in [-0.05, 0) is 47.9 Å². The van der Waals surface area contributed by atoms with E-state index in [1.807, 2.05) is 19.1 Å². The fraction of sp³-hybridized carbons (Fsp3) is 0.143. The van der Waals surface area contributed by atoms with Crippen LogP contribution in [0.5, 0.6) is 0 Å². The number of hydrazine groups is 1. The fourth-order valence-electron chi connectivity index (χ4n) is 1.89. The van der Waals surface area contributed by atoms with Crippen LogP contribution < -0.4 is 11.3 Å². The van der Waals surface area contributed by atoms with Gasteiger partial charge in [-0.2, -0.15) is 0 Å². The van der Waals surface area contributed by atoms with Gasteiger partial charge in [-0.1, -0.05) is 35.3 Å². The molecule has 2 rings (SSSR count). The summed E-state index contributed by atoms with van der Waals surface area (Å²) in [6.45, 7) is 1.91. The second kappa shape index (κ2) is 5.88. The molecule has 1 atom stereocenters. The molecule has 2 nitrogen and oxygen atoms in total. The molecule has 19 heavy (non-hydrogen) atoms. The molecule has 3 N–H and O–H groups in total. The molecule has 100 valence electrons. The Hall–Kier alpha value is -1.13. The first-order valence-electron chi connectivity index (χ1n) is 5.70. The van der Waals surface area contributed by atoms with Crippen molar-refractivity contribution >= 4 is 23.2 Å². The quantitative estimate of drug-likeness (QED) is 0.664. The van der Waals surface area contributed by atoms with Crippen molar-refractivity contribution in [2.24, 2.45) is 5.84 Å². The number of hydrogen-bond donors (Lipinski definition) is 2. The Balaban J connectivity index is 2.49. The molecule has 1 unspecified atom stereocenters. The molecule has 0 saturated carbocycles. The van der Waals surface area contributed by atoms with Crippen LogP contribution in [0.25, 0.3) is 0 Å². The molecule has 2 aromatic rings. The Morgan fingerprint density at radius 3 is 2.47 bits per heavy atom.